The molecule has 0 bridgehead atoms. The van der Waals surface area contributed by atoms with Gasteiger partial charge in [-0.3, -0.25) is 9.59 Å². The second-order valence-corrected chi connectivity index (χ2v) is 7.05. The maximum Gasteiger partial charge on any atom is 0.248 e. The van der Waals surface area contributed by atoms with Crippen molar-refractivity contribution in [3.63, 3.8) is 0 Å². The number of hydrogen-bond acceptors (Lipinski definition) is 2. The van der Waals surface area contributed by atoms with Gasteiger partial charge in [0.2, 0.25) is 11.8 Å². The fraction of sp³-hybridized carbons (Fsp3) is 0.556. The number of benzene rings is 1. The molecule has 1 aromatic carbocycles. The summed E-state index contributed by atoms with van der Waals surface area (Å²) in [6, 6.07) is 9.95. The van der Waals surface area contributed by atoms with Crippen LogP contribution in [0.5, 0.6) is 0 Å². The minimum absolute atomic E-state index is 0.0210. The molecule has 1 aliphatic heterocycles. The van der Waals surface area contributed by atoms with E-state index < -0.39 is 11.1 Å². The summed E-state index contributed by atoms with van der Waals surface area (Å²) >= 11 is 0. The maximum atomic E-state index is 13.0. The number of rotatable bonds is 2. The van der Waals surface area contributed by atoms with Crippen LogP contribution in [0.15, 0.2) is 30.3 Å². The molecule has 0 aromatic heterocycles. The second-order valence-electron chi connectivity index (χ2n) is 7.05. The molecule has 0 unspecified atom stereocenters. The molecule has 2 amide bonds. The fourth-order valence-corrected chi connectivity index (χ4v) is 3.73. The third kappa shape index (κ3) is 2.40. The average Bonchev–Trinajstić information content (AvgIpc) is 2.52. The molecule has 22 heavy (non-hydrogen) atoms. The monoisotopic (exact) mass is 300 g/mol. The van der Waals surface area contributed by atoms with Crippen molar-refractivity contribution in [2.75, 3.05) is 0 Å². The van der Waals surface area contributed by atoms with Crippen LogP contribution in [-0.4, -0.2) is 27.8 Å². The van der Waals surface area contributed by atoms with Gasteiger partial charge in [-0.15, -0.1) is 0 Å². The molecule has 0 atom stereocenters. The molecule has 1 saturated heterocycles. The highest BCUT2D eigenvalue weighted by Crippen LogP contribution is 2.39. The highest BCUT2D eigenvalue weighted by atomic mass is 16.2. The topological polar surface area (TPSA) is 49.4 Å². The molecule has 3 rings (SSSR count). The van der Waals surface area contributed by atoms with Crippen molar-refractivity contribution in [3.05, 3.63) is 35.9 Å². The Morgan fingerprint density at radius 1 is 1.05 bits per heavy atom. The van der Waals surface area contributed by atoms with Gasteiger partial charge < -0.3 is 10.2 Å². The Labute approximate surface area is 131 Å². The third-order valence-electron chi connectivity index (χ3n) is 5.01. The Morgan fingerprint density at radius 3 is 2.32 bits per heavy atom. The molecular weight excluding hydrogens is 276 g/mol. The van der Waals surface area contributed by atoms with Gasteiger partial charge in [0.15, 0.2) is 0 Å². The molecule has 1 aromatic rings. The Bertz CT molecular complexity index is 574. The number of hydrogen-bond donors (Lipinski definition) is 1. The number of nitrogens with one attached hydrogen (secondary N) is 1. The SMILES string of the molecule is CC1(C)NC(=O)C2(CCCCC2)N(Cc2ccccc2)C1=O. The van der Waals surface area contributed by atoms with Crippen LogP contribution in [0.2, 0.25) is 0 Å². The Kier molecular flexibility index (Phi) is 3.71. The van der Waals surface area contributed by atoms with E-state index >= 15 is 0 Å². The third-order valence-corrected chi connectivity index (χ3v) is 5.01. The van der Waals surface area contributed by atoms with E-state index in [-0.39, 0.29) is 11.8 Å². The van der Waals surface area contributed by atoms with Crippen LogP contribution in [0.25, 0.3) is 0 Å². The van der Waals surface area contributed by atoms with Crippen molar-refractivity contribution in [2.24, 2.45) is 0 Å². The van der Waals surface area contributed by atoms with Crippen molar-refractivity contribution in [1.29, 1.82) is 0 Å². The Balaban J connectivity index is 1.98. The zero-order valence-electron chi connectivity index (χ0n) is 13.4. The van der Waals surface area contributed by atoms with E-state index in [1.54, 1.807) is 13.8 Å². The van der Waals surface area contributed by atoms with Gasteiger partial charge in [0.05, 0.1) is 0 Å². The number of nitrogens with zero attached hydrogens (tertiary/aromatic N) is 1. The summed E-state index contributed by atoms with van der Waals surface area (Å²) in [5.74, 6) is 0.0468. The van der Waals surface area contributed by atoms with Crippen LogP contribution in [0.4, 0.5) is 0 Å². The molecular formula is C18H24N2O2. The summed E-state index contributed by atoms with van der Waals surface area (Å²) in [6.45, 7) is 4.10. The summed E-state index contributed by atoms with van der Waals surface area (Å²) in [6.07, 6.45) is 4.70. The first-order valence-corrected chi connectivity index (χ1v) is 8.14. The first-order valence-electron chi connectivity index (χ1n) is 8.14. The first kappa shape index (κ1) is 15.1. The van der Waals surface area contributed by atoms with Gasteiger partial charge in [-0.05, 0) is 32.3 Å². The van der Waals surface area contributed by atoms with Crippen molar-refractivity contribution in [1.82, 2.24) is 10.2 Å². The van der Waals surface area contributed by atoms with Crippen molar-refractivity contribution in [2.45, 2.75) is 63.6 Å². The molecule has 2 aliphatic rings. The summed E-state index contributed by atoms with van der Waals surface area (Å²) in [5, 5.41) is 2.95. The molecule has 1 heterocycles. The molecule has 4 heteroatoms. The fourth-order valence-electron chi connectivity index (χ4n) is 3.73. The standard InChI is InChI=1S/C18H24N2O2/c1-17(2)16(22)20(13-14-9-5-3-6-10-14)18(15(21)19-17)11-7-4-8-12-18/h3,5-6,9-10H,4,7-8,11-13H2,1-2H3,(H,19,21). The lowest BCUT2D eigenvalue weighted by molar-refractivity contribution is -0.165. The van der Waals surface area contributed by atoms with Crippen molar-refractivity contribution >= 4 is 11.8 Å². The molecule has 2 fully saturated rings. The number of carbonyl (C=O) groups is 2. The summed E-state index contributed by atoms with van der Waals surface area (Å²) in [5.41, 5.74) is -0.402. The lowest BCUT2D eigenvalue weighted by Gasteiger charge is -2.52. The highest BCUT2D eigenvalue weighted by Gasteiger charge is 2.55. The molecule has 0 radical (unpaired) electrons. The van der Waals surface area contributed by atoms with Crippen LogP contribution in [0.1, 0.15) is 51.5 Å². The summed E-state index contributed by atoms with van der Waals surface area (Å²) < 4.78 is 0. The molecule has 4 nitrogen and oxygen atoms in total. The molecule has 1 saturated carbocycles. The van der Waals surface area contributed by atoms with Crippen LogP contribution in [0, 0.1) is 0 Å². The number of piperazine rings is 1. The van der Waals surface area contributed by atoms with Crippen LogP contribution in [-0.2, 0) is 16.1 Å². The highest BCUT2D eigenvalue weighted by molar-refractivity contribution is 6.01. The van der Waals surface area contributed by atoms with E-state index in [2.05, 4.69) is 5.32 Å². The summed E-state index contributed by atoms with van der Waals surface area (Å²) in [7, 11) is 0. The van der Waals surface area contributed by atoms with Gasteiger partial charge in [-0.1, -0.05) is 49.6 Å². The number of amides is 2. The van der Waals surface area contributed by atoms with Gasteiger partial charge in [-0.2, -0.15) is 0 Å². The van der Waals surface area contributed by atoms with Gasteiger partial charge in [0.25, 0.3) is 0 Å². The van der Waals surface area contributed by atoms with E-state index in [1.165, 1.54) is 0 Å². The zero-order chi connectivity index (χ0) is 15.8. The predicted octanol–water partition coefficient (Wildman–Crippen LogP) is 2.63. The lowest BCUT2D eigenvalue weighted by atomic mass is 9.75. The zero-order valence-corrected chi connectivity index (χ0v) is 13.4. The van der Waals surface area contributed by atoms with E-state index in [0.717, 1.165) is 37.7 Å². The molecule has 1 N–H and O–H groups in total. The van der Waals surface area contributed by atoms with Crippen LogP contribution < -0.4 is 5.32 Å². The van der Waals surface area contributed by atoms with Crippen molar-refractivity contribution < 1.29 is 9.59 Å². The van der Waals surface area contributed by atoms with E-state index in [0.29, 0.717) is 6.54 Å². The smallest absolute Gasteiger partial charge is 0.248 e. The maximum absolute atomic E-state index is 13.0. The van der Waals surface area contributed by atoms with Crippen LogP contribution >= 0.6 is 0 Å². The number of carbonyl (C=O) groups excluding carboxylic acids is 2. The Hall–Kier alpha value is -1.84. The summed E-state index contributed by atoms with van der Waals surface area (Å²) in [4.78, 5) is 27.7. The van der Waals surface area contributed by atoms with Gasteiger partial charge in [0.1, 0.15) is 11.1 Å². The van der Waals surface area contributed by atoms with Crippen molar-refractivity contribution in [3.8, 4) is 0 Å². The first-order chi connectivity index (χ1) is 10.5. The second kappa shape index (κ2) is 5.41. The van der Waals surface area contributed by atoms with Gasteiger partial charge >= 0.3 is 0 Å². The van der Waals surface area contributed by atoms with Gasteiger partial charge in [0, 0.05) is 6.54 Å². The van der Waals surface area contributed by atoms with E-state index in [1.807, 2.05) is 35.2 Å². The normalized spacial score (nSPS) is 23.5. The van der Waals surface area contributed by atoms with Gasteiger partial charge in [-0.25, -0.2) is 0 Å². The molecule has 118 valence electrons. The molecule has 1 aliphatic carbocycles. The van der Waals surface area contributed by atoms with E-state index in [4.69, 9.17) is 0 Å². The quantitative estimate of drug-likeness (QED) is 0.913. The largest absolute Gasteiger partial charge is 0.340 e. The van der Waals surface area contributed by atoms with E-state index in [9.17, 15) is 9.59 Å². The predicted molar refractivity (Wildman–Crippen MR) is 85.0 cm³/mol. The lowest BCUT2D eigenvalue weighted by Crippen LogP contribution is -2.74. The average molecular weight is 300 g/mol. The minimum atomic E-state index is -0.825. The molecule has 1 spiro atoms. The Morgan fingerprint density at radius 2 is 1.68 bits per heavy atom. The minimum Gasteiger partial charge on any atom is -0.340 e. The van der Waals surface area contributed by atoms with Crippen LogP contribution in [0.3, 0.4) is 0 Å².